The minimum absolute atomic E-state index is 0.192. The summed E-state index contributed by atoms with van der Waals surface area (Å²) >= 11 is 6.04. The monoisotopic (exact) mass is 539 g/mol. The second-order valence-electron chi connectivity index (χ2n) is 10.3. The molecule has 0 amide bonds. The Balaban J connectivity index is 1.62. The summed E-state index contributed by atoms with van der Waals surface area (Å²) < 4.78 is 41.3. The van der Waals surface area contributed by atoms with E-state index in [4.69, 9.17) is 16.6 Å². The van der Waals surface area contributed by atoms with Gasteiger partial charge in [0, 0.05) is 29.7 Å². The first-order valence-electron chi connectivity index (χ1n) is 12.8. The number of aromatic nitrogens is 2. The fourth-order valence-corrected chi connectivity index (χ4v) is 5.34. The van der Waals surface area contributed by atoms with E-state index in [1.54, 1.807) is 22.8 Å². The summed E-state index contributed by atoms with van der Waals surface area (Å²) in [5.41, 5.74) is 1.85. The molecule has 4 aromatic rings. The third kappa shape index (κ3) is 5.49. The molecule has 0 bridgehead atoms. The summed E-state index contributed by atoms with van der Waals surface area (Å²) in [5, 5.41) is 1.10. The molecule has 0 spiro atoms. The second kappa shape index (κ2) is 10.5. The number of nitrogens with zero attached hydrogens (tertiary/aromatic N) is 3. The Morgan fingerprint density at radius 2 is 1.63 bits per heavy atom. The van der Waals surface area contributed by atoms with Crippen molar-refractivity contribution in [3.05, 3.63) is 87.7 Å². The van der Waals surface area contributed by atoms with E-state index < -0.39 is 11.7 Å². The van der Waals surface area contributed by atoms with Crippen molar-refractivity contribution >= 4 is 22.5 Å². The standard InChI is InChI=1S/C30H29ClF3N3O/c1-19(2)36-15-3-4-20(17-36)18-37-28(22-5-10-24(11-6-22)30(32,33)34)35-27-14-9-23(16-26(27)29(37)38)21-7-12-25(31)13-8-21/h5-14,16,19-20H,3-4,15,17-18H2,1-2H3/t20-/m0/s1. The molecule has 8 heteroatoms. The van der Waals surface area contributed by atoms with Gasteiger partial charge >= 0.3 is 6.18 Å². The van der Waals surface area contributed by atoms with Gasteiger partial charge in [-0.15, -0.1) is 0 Å². The Morgan fingerprint density at radius 1 is 0.974 bits per heavy atom. The van der Waals surface area contributed by atoms with E-state index in [1.807, 2.05) is 24.3 Å². The minimum atomic E-state index is -4.44. The molecule has 38 heavy (non-hydrogen) atoms. The summed E-state index contributed by atoms with van der Waals surface area (Å²) in [6.07, 6.45) is -2.42. The molecule has 3 aromatic carbocycles. The van der Waals surface area contributed by atoms with Crippen molar-refractivity contribution in [3.63, 3.8) is 0 Å². The van der Waals surface area contributed by atoms with E-state index in [9.17, 15) is 18.0 Å². The number of rotatable bonds is 5. The van der Waals surface area contributed by atoms with Crippen LogP contribution in [0.2, 0.25) is 5.02 Å². The number of piperidine rings is 1. The number of alkyl halides is 3. The van der Waals surface area contributed by atoms with Gasteiger partial charge < -0.3 is 4.90 Å². The average molecular weight is 540 g/mol. The average Bonchev–Trinajstić information content (AvgIpc) is 2.90. The fraction of sp³-hybridized carbons (Fsp3) is 0.333. The Kier molecular flexibility index (Phi) is 7.34. The van der Waals surface area contributed by atoms with Crippen LogP contribution in [0.4, 0.5) is 13.2 Å². The first-order chi connectivity index (χ1) is 18.1. The number of likely N-dealkylation sites (tertiary alicyclic amines) is 1. The lowest BCUT2D eigenvalue weighted by Gasteiger charge is -2.35. The lowest BCUT2D eigenvalue weighted by molar-refractivity contribution is -0.137. The van der Waals surface area contributed by atoms with Crippen LogP contribution in [-0.2, 0) is 12.7 Å². The van der Waals surface area contributed by atoms with Gasteiger partial charge in [-0.3, -0.25) is 9.36 Å². The normalized spacial score (nSPS) is 16.9. The van der Waals surface area contributed by atoms with Crippen molar-refractivity contribution in [3.8, 4) is 22.5 Å². The smallest absolute Gasteiger partial charge is 0.301 e. The number of hydrogen-bond acceptors (Lipinski definition) is 3. The molecule has 1 aliphatic heterocycles. The third-order valence-electron chi connectivity index (χ3n) is 7.32. The van der Waals surface area contributed by atoms with Crippen LogP contribution in [0, 0.1) is 5.92 Å². The Hall–Kier alpha value is -3.16. The molecule has 0 radical (unpaired) electrons. The molecular weight excluding hydrogens is 511 g/mol. The fourth-order valence-electron chi connectivity index (χ4n) is 5.21. The van der Waals surface area contributed by atoms with Crippen molar-refractivity contribution in [1.29, 1.82) is 0 Å². The van der Waals surface area contributed by atoms with E-state index in [0.717, 1.165) is 49.2 Å². The number of hydrogen-bond donors (Lipinski definition) is 0. The predicted octanol–water partition coefficient (Wildman–Crippen LogP) is 7.52. The second-order valence-corrected chi connectivity index (χ2v) is 10.7. The number of benzene rings is 3. The Morgan fingerprint density at radius 3 is 2.29 bits per heavy atom. The minimum Gasteiger partial charge on any atom is -0.301 e. The van der Waals surface area contributed by atoms with Crippen LogP contribution in [0.15, 0.2) is 71.5 Å². The molecule has 2 heterocycles. The van der Waals surface area contributed by atoms with Gasteiger partial charge in [0.2, 0.25) is 0 Å². The molecule has 5 rings (SSSR count). The molecule has 4 nitrogen and oxygen atoms in total. The largest absolute Gasteiger partial charge is 0.416 e. The molecule has 0 N–H and O–H groups in total. The van der Waals surface area contributed by atoms with Crippen LogP contribution in [-0.4, -0.2) is 33.6 Å². The summed E-state index contributed by atoms with van der Waals surface area (Å²) in [4.78, 5) is 21.2. The van der Waals surface area contributed by atoms with Crippen LogP contribution in [0.25, 0.3) is 33.4 Å². The summed E-state index contributed by atoms with van der Waals surface area (Å²) in [5.74, 6) is 0.618. The highest BCUT2D eigenvalue weighted by atomic mass is 35.5. The van der Waals surface area contributed by atoms with Gasteiger partial charge in [0.1, 0.15) is 5.82 Å². The molecule has 1 aliphatic rings. The highest BCUT2D eigenvalue weighted by molar-refractivity contribution is 6.30. The summed E-state index contributed by atoms with van der Waals surface area (Å²) in [7, 11) is 0. The van der Waals surface area contributed by atoms with Gasteiger partial charge in [-0.2, -0.15) is 13.2 Å². The highest BCUT2D eigenvalue weighted by Crippen LogP contribution is 2.32. The van der Waals surface area contributed by atoms with Crippen LogP contribution in [0.1, 0.15) is 32.3 Å². The van der Waals surface area contributed by atoms with Crippen molar-refractivity contribution in [2.75, 3.05) is 13.1 Å². The van der Waals surface area contributed by atoms with Crippen molar-refractivity contribution in [2.24, 2.45) is 5.92 Å². The van der Waals surface area contributed by atoms with Crippen LogP contribution in [0.3, 0.4) is 0 Å². The van der Waals surface area contributed by atoms with Crippen molar-refractivity contribution in [2.45, 2.75) is 45.5 Å². The van der Waals surface area contributed by atoms with Crippen molar-refractivity contribution in [1.82, 2.24) is 14.5 Å². The first kappa shape index (κ1) is 26.4. The van der Waals surface area contributed by atoms with Crippen LogP contribution in [0.5, 0.6) is 0 Å². The van der Waals surface area contributed by atoms with Gasteiger partial charge in [-0.25, -0.2) is 4.98 Å². The summed E-state index contributed by atoms with van der Waals surface area (Å²) in [6.45, 7) is 6.66. The first-order valence-corrected chi connectivity index (χ1v) is 13.2. The maximum absolute atomic E-state index is 14.0. The molecule has 0 unspecified atom stereocenters. The zero-order chi connectivity index (χ0) is 27.0. The molecule has 0 aliphatic carbocycles. The summed E-state index contributed by atoms with van der Waals surface area (Å²) in [6, 6.07) is 18.2. The Bertz CT molecular complexity index is 1500. The Labute approximate surface area is 224 Å². The SMILES string of the molecule is CC(C)N1CCC[C@H](Cn2c(-c3ccc(C(F)(F)F)cc3)nc3ccc(-c4ccc(Cl)cc4)cc3c2=O)C1. The van der Waals surface area contributed by atoms with Crippen LogP contribution < -0.4 is 5.56 Å². The topological polar surface area (TPSA) is 38.1 Å². The van der Waals surface area contributed by atoms with E-state index >= 15 is 0 Å². The maximum atomic E-state index is 14.0. The zero-order valence-corrected chi connectivity index (χ0v) is 22.1. The van der Waals surface area contributed by atoms with Gasteiger partial charge in [-0.1, -0.05) is 41.9 Å². The van der Waals surface area contributed by atoms with Crippen LogP contribution >= 0.6 is 11.6 Å². The van der Waals surface area contributed by atoms with E-state index in [-0.39, 0.29) is 11.5 Å². The molecule has 1 saturated heterocycles. The number of halogens is 4. The molecule has 198 valence electrons. The molecule has 1 atom stereocenters. The van der Waals surface area contributed by atoms with Gasteiger partial charge in [0.25, 0.3) is 5.56 Å². The highest BCUT2D eigenvalue weighted by Gasteiger charge is 2.30. The van der Waals surface area contributed by atoms with E-state index in [0.29, 0.717) is 39.9 Å². The lowest BCUT2D eigenvalue weighted by Crippen LogP contribution is -2.42. The molecule has 0 saturated carbocycles. The predicted molar refractivity (Wildman–Crippen MR) is 146 cm³/mol. The van der Waals surface area contributed by atoms with Gasteiger partial charge in [-0.05, 0) is 86.7 Å². The molecular formula is C30H29ClF3N3O. The van der Waals surface area contributed by atoms with Gasteiger partial charge in [0.15, 0.2) is 0 Å². The number of fused-ring (bicyclic) bond motifs is 1. The molecule has 1 fully saturated rings. The van der Waals surface area contributed by atoms with Gasteiger partial charge in [0.05, 0.1) is 16.5 Å². The van der Waals surface area contributed by atoms with E-state index in [2.05, 4.69) is 18.7 Å². The quantitative estimate of drug-likeness (QED) is 0.263. The third-order valence-corrected chi connectivity index (χ3v) is 7.58. The lowest BCUT2D eigenvalue weighted by atomic mass is 9.96. The molecule has 1 aromatic heterocycles. The zero-order valence-electron chi connectivity index (χ0n) is 21.3. The maximum Gasteiger partial charge on any atom is 0.416 e. The van der Waals surface area contributed by atoms with E-state index in [1.165, 1.54) is 12.1 Å². The van der Waals surface area contributed by atoms with Crippen molar-refractivity contribution < 1.29 is 13.2 Å².